The molecule has 0 aromatic heterocycles. The van der Waals surface area contributed by atoms with Crippen LogP contribution < -0.4 is 5.48 Å². The molecule has 0 saturated carbocycles. The second-order valence-corrected chi connectivity index (χ2v) is 4.91. The normalized spacial score (nSPS) is 12.9. The van der Waals surface area contributed by atoms with E-state index in [9.17, 15) is 9.18 Å². The van der Waals surface area contributed by atoms with Crippen molar-refractivity contribution in [3.63, 3.8) is 0 Å². The van der Waals surface area contributed by atoms with Crippen LogP contribution in [0.5, 0.6) is 0 Å². The van der Waals surface area contributed by atoms with Gasteiger partial charge in [-0.05, 0) is 26.8 Å². The van der Waals surface area contributed by atoms with Crippen LogP contribution in [0.25, 0.3) is 0 Å². The molecule has 0 radical (unpaired) electrons. The van der Waals surface area contributed by atoms with E-state index in [1.807, 2.05) is 5.48 Å². The van der Waals surface area contributed by atoms with Crippen LogP contribution >= 0.6 is 0 Å². The number of carbonyl (C=O) groups is 1. The molecule has 19 heavy (non-hydrogen) atoms. The molecule has 5 nitrogen and oxygen atoms in total. The minimum absolute atomic E-state index is 0.154. The van der Waals surface area contributed by atoms with Crippen LogP contribution in [0.1, 0.15) is 32.4 Å². The molecule has 0 bridgehead atoms. The quantitative estimate of drug-likeness (QED) is 0.825. The number of hydroxylamine groups is 1. The number of benzene rings is 1. The van der Waals surface area contributed by atoms with Gasteiger partial charge in [-0.25, -0.2) is 9.18 Å². The van der Waals surface area contributed by atoms with Crippen LogP contribution in [0.15, 0.2) is 24.3 Å². The average molecular weight is 271 g/mol. The topological polar surface area (TPSA) is 67.8 Å². The molecule has 106 valence electrons. The molecular weight excluding hydrogens is 253 g/mol. The molecule has 0 aliphatic rings. The highest BCUT2D eigenvalue weighted by atomic mass is 19.1. The highest BCUT2D eigenvalue weighted by molar-refractivity contribution is 5.66. The van der Waals surface area contributed by atoms with E-state index in [1.54, 1.807) is 26.8 Å². The first-order valence-corrected chi connectivity index (χ1v) is 5.83. The van der Waals surface area contributed by atoms with Crippen molar-refractivity contribution in [3.8, 4) is 0 Å². The van der Waals surface area contributed by atoms with Crippen molar-refractivity contribution >= 4 is 6.09 Å². The molecule has 1 rings (SSSR count). The average Bonchev–Trinajstić information content (AvgIpc) is 2.29. The van der Waals surface area contributed by atoms with Crippen molar-refractivity contribution in [1.29, 1.82) is 0 Å². The lowest BCUT2D eigenvalue weighted by Gasteiger charge is -2.21. The van der Waals surface area contributed by atoms with Gasteiger partial charge in [0.05, 0.1) is 6.61 Å². The number of aliphatic hydroxyl groups excluding tert-OH is 1. The van der Waals surface area contributed by atoms with E-state index in [4.69, 9.17) is 14.7 Å². The molecule has 0 heterocycles. The van der Waals surface area contributed by atoms with Crippen molar-refractivity contribution in [2.24, 2.45) is 0 Å². The number of ether oxygens (including phenoxy) is 1. The summed E-state index contributed by atoms with van der Waals surface area (Å²) >= 11 is 0. The smallest absolute Gasteiger partial charge is 0.431 e. The molecule has 0 saturated heterocycles. The fourth-order valence-corrected chi connectivity index (χ4v) is 1.35. The lowest BCUT2D eigenvalue weighted by molar-refractivity contribution is -0.0622. The Morgan fingerprint density at radius 1 is 1.42 bits per heavy atom. The molecule has 1 aromatic rings. The monoisotopic (exact) mass is 271 g/mol. The van der Waals surface area contributed by atoms with Crippen LogP contribution in [-0.4, -0.2) is 23.4 Å². The maximum Gasteiger partial charge on any atom is 0.431 e. The molecule has 0 aliphatic carbocycles. The second kappa shape index (κ2) is 6.49. The lowest BCUT2D eigenvalue weighted by atomic mass is 10.1. The molecular formula is C13H18FNO4. The molecule has 0 aliphatic heterocycles. The Labute approximate surface area is 111 Å². The predicted octanol–water partition coefficient (Wildman–Crippen LogP) is 2.32. The van der Waals surface area contributed by atoms with Gasteiger partial charge < -0.3 is 9.84 Å². The number of hydrogen-bond acceptors (Lipinski definition) is 4. The Hall–Kier alpha value is -1.66. The van der Waals surface area contributed by atoms with Crippen LogP contribution in [0, 0.1) is 5.82 Å². The molecule has 1 amide bonds. The van der Waals surface area contributed by atoms with E-state index < -0.39 is 30.2 Å². The van der Waals surface area contributed by atoms with Crippen molar-refractivity contribution < 1.29 is 23.9 Å². The Morgan fingerprint density at radius 3 is 2.58 bits per heavy atom. The highest BCUT2D eigenvalue weighted by Crippen LogP contribution is 2.19. The zero-order valence-electron chi connectivity index (χ0n) is 11.1. The zero-order valence-corrected chi connectivity index (χ0v) is 11.1. The van der Waals surface area contributed by atoms with Gasteiger partial charge in [-0.15, -0.1) is 0 Å². The minimum Gasteiger partial charge on any atom is -0.442 e. The Balaban J connectivity index is 2.59. The maximum absolute atomic E-state index is 13.5. The number of rotatable bonds is 4. The molecule has 0 fully saturated rings. The number of nitrogens with one attached hydrogen (secondary N) is 1. The third-order valence-electron chi connectivity index (χ3n) is 2.10. The fourth-order valence-electron chi connectivity index (χ4n) is 1.35. The van der Waals surface area contributed by atoms with Gasteiger partial charge >= 0.3 is 6.09 Å². The van der Waals surface area contributed by atoms with Crippen LogP contribution in [0.2, 0.25) is 0 Å². The number of carbonyl (C=O) groups excluding carboxylic acids is 1. The fraction of sp³-hybridized carbons (Fsp3) is 0.462. The zero-order chi connectivity index (χ0) is 14.5. The van der Waals surface area contributed by atoms with E-state index in [0.717, 1.165) is 0 Å². The third-order valence-corrected chi connectivity index (χ3v) is 2.10. The highest BCUT2D eigenvalue weighted by Gasteiger charge is 2.20. The first kappa shape index (κ1) is 15.4. The Bertz CT molecular complexity index is 431. The second-order valence-electron chi connectivity index (χ2n) is 4.91. The first-order valence-electron chi connectivity index (χ1n) is 5.83. The summed E-state index contributed by atoms with van der Waals surface area (Å²) in [6, 6.07) is 5.84. The van der Waals surface area contributed by atoms with Crippen molar-refractivity contribution in [2.75, 3.05) is 6.61 Å². The number of hydrogen-bond donors (Lipinski definition) is 2. The van der Waals surface area contributed by atoms with E-state index >= 15 is 0 Å². The van der Waals surface area contributed by atoms with Crippen molar-refractivity contribution in [1.82, 2.24) is 5.48 Å². The molecule has 6 heteroatoms. The lowest BCUT2D eigenvalue weighted by Crippen LogP contribution is -2.34. The van der Waals surface area contributed by atoms with Gasteiger partial charge in [0, 0.05) is 5.56 Å². The van der Waals surface area contributed by atoms with Gasteiger partial charge in [0.2, 0.25) is 0 Å². The summed E-state index contributed by atoms with van der Waals surface area (Å²) < 4.78 is 18.4. The molecule has 2 N–H and O–H groups in total. The Kier molecular flexibility index (Phi) is 5.26. The number of aliphatic hydroxyl groups is 1. The molecule has 1 aromatic carbocycles. The van der Waals surface area contributed by atoms with Gasteiger partial charge in [0.25, 0.3) is 0 Å². The molecule has 1 unspecified atom stereocenters. The summed E-state index contributed by atoms with van der Waals surface area (Å²) in [5.74, 6) is -0.521. The number of halogens is 1. The summed E-state index contributed by atoms with van der Waals surface area (Å²) in [7, 11) is 0. The summed E-state index contributed by atoms with van der Waals surface area (Å²) in [5.41, 5.74) is 1.52. The predicted molar refractivity (Wildman–Crippen MR) is 66.7 cm³/mol. The minimum atomic E-state index is -0.992. The summed E-state index contributed by atoms with van der Waals surface area (Å²) in [5, 5.41) is 9.17. The summed E-state index contributed by atoms with van der Waals surface area (Å²) in [4.78, 5) is 16.3. The largest absolute Gasteiger partial charge is 0.442 e. The number of amides is 1. The van der Waals surface area contributed by atoms with Gasteiger partial charge in [-0.1, -0.05) is 18.2 Å². The molecule has 0 spiro atoms. The SMILES string of the molecule is CC(C)(C)OC(=O)NOC(CO)c1ccccc1F. The van der Waals surface area contributed by atoms with Crippen LogP contribution in [0.4, 0.5) is 9.18 Å². The van der Waals surface area contributed by atoms with E-state index in [0.29, 0.717) is 0 Å². The van der Waals surface area contributed by atoms with E-state index in [-0.39, 0.29) is 5.56 Å². The van der Waals surface area contributed by atoms with Crippen LogP contribution in [-0.2, 0) is 9.57 Å². The van der Waals surface area contributed by atoms with Crippen LogP contribution in [0.3, 0.4) is 0 Å². The van der Waals surface area contributed by atoms with E-state index in [1.165, 1.54) is 18.2 Å². The third kappa shape index (κ3) is 5.23. The van der Waals surface area contributed by atoms with E-state index in [2.05, 4.69) is 0 Å². The van der Waals surface area contributed by atoms with Gasteiger partial charge in [-0.2, -0.15) is 5.48 Å². The summed E-state index contributed by atoms with van der Waals surface area (Å²) in [6.45, 7) is 4.63. The first-order chi connectivity index (χ1) is 8.83. The van der Waals surface area contributed by atoms with Crippen molar-refractivity contribution in [2.45, 2.75) is 32.5 Å². The van der Waals surface area contributed by atoms with Gasteiger partial charge in [0.1, 0.15) is 17.5 Å². The standard InChI is InChI=1S/C13H18FNO4/c1-13(2,3)18-12(17)15-19-11(8-16)9-6-4-5-7-10(9)14/h4-7,11,16H,8H2,1-3H3,(H,15,17). The van der Waals surface area contributed by atoms with Gasteiger partial charge in [0.15, 0.2) is 0 Å². The molecule has 1 atom stereocenters. The maximum atomic E-state index is 13.5. The summed E-state index contributed by atoms with van der Waals surface area (Å²) in [6.07, 6.45) is -1.80. The Morgan fingerprint density at radius 2 is 2.05 bits per heavy atom. The van der Waals surface area contributed by atoms with Gasteiger partial charge in [-0.3, -0.25) is 4.84 Å². The van der Waals surface area contributed by atoms with Crippen molar-refractivity contribution in [3.05, 3.63) is 35.6 Å².